The summed E-state index contributed by atoms with van der Waals surface area (Å²) in [5, 5.41) is 2.98. The van der Waals surface area contributed by atoms with Crippen molar-refractivity contribution >= 4 is 21.8 Å². The summed E-state index contributed by atoms with van der Waals surface area (Å²) in [7, 11) is -2.42. The third kappa shape index (κ3) is 4.99. The van der Waals surface area contributed by atoms with Crippen LogP contribution in [0.2, 0.25) is 0 Å². The fraction of sp³-hybridized carbons (Fsp3) is 0.125. The fourth-order valence-corrected chi connectivity index (χ4v) is 4.70. The first-order valence-corrected chi connectivity index (χ1v) is 12.5. The highest BCUT2D eigenvalue weighted by atomic mass is 32.2. The number of aromatic nitrogens is 4. The van der Waals surface area contributed by atoms with E-state index in [2.05, 4.69) is 25.0 Å². The predicted molar refractivity (Wildman–Crippen MR) is 131 cm³/mol. The molecule has 13 heteroatoms. The zero-order valence-corrected chi connectivity index (χ0v) is 20.2. The lowest BCUT2D eigenvalue weighted by molar-refractivity contribution is 0.387. The van der Waals surface area contributed by atoms with Crippen LogP contribution in [0.5, 0.6) is 5.75 Å². The number of benzene rings is 2. The fourth-order valence-electron chi connectivity index (χ4n) is 3.67. The van der Waals surface area contributed by atoms with Crippen LogP contribution in [-0.4, -0.2) is 48.0 Å². The van der Waals surface area contributed by atoms with E-state index >= 15 is 0 Å². The number of anilines is 1. The first kappa shape index (κ1) is 24.3. The monoisotopic (exact) mass is 526 g/mol. The maximum Gasteiger partial charge on any atom is 0.306 e. The Morgan fingerprint density at radius 1 is 1.05 bits per heavy atom. The van der Waals surface area contributed by atoms with Crippen LogP contribution in [-0.2, 0) is 10.0 Å². The molecule has 0 unspecified atom stereocenters. The van der Waals surface area contributed by atoms with Crippen molar-refractivity contribution in [3.05, 3.63) is 78.8 Å². The SMILES string of the molecule is COc1cc(-c2nc3occn3c2-c2ccnc(NCCNS(=O)(=O)c3ccc(F)cc3)n2)ccc1F. The van der Waals surface area contributed by atoms with Crippen LogP contribution in [0.1, 0.15) is 0 Å². The van der Waals surface area contributed by atoms with Crippen LogP contribution < -0.4 is 14.8 Å². The highest BCUT2D eigenvalue weighted by Gasteiger charge is 2.21. The lowest BCUT2D eigenvalue weighted by Gasteiger charge is -2.10. The Morgan fingerprint density at radius 2 is 1.86 bits per heavy atom. The van der Waals surface area contributed by atoms with Crippen LogP contribution in [0.15, 0.2) is 76.5 Å². The van der Waals surface area contributed by atoms with Crippen molar-refractivity contribution in [3.63, 3.8) is 0 Å². The quantitative estimate of drug-likeness (QED) is 0.279. The molecule has 10 nitrogen and oxygen atoms in total. The molecular weight excluding hydrogens is 506 g/mol. The lowest BCUT2D eigenvalue weighted by Crippen LogP contribution is -2.29. The molecule has 3 aromatic heterocycles. The van der Waals surface area contributed by atoms with Crippen molar-refractivity contribution < 1.29 is 26.4 Å². The molecule has 5 rings (SSSR count). The second kappa shape index (κ2) is 9.95. The minimum absolute atomic E-state index is 0.0343. The molecule has 0 amide bonds. The number of ether oxygens (including phenoxy) is 1. The third-order valence-electron chi connectivity index (χ3n) is 5.41. The number of nitrogens with one attached hydrogen (secondary N) is 2. The Hall–Kier alpha value is -4.36. The summed E-state index contributed by atoms with van der Waals surface area (Å²) < 4.78 is 66.5. The number of hydrogen-bond acceptors (Lipinski definition) is 8. The van der Waals surface area contributed by atoms with E-state index in [1.807, 2.05) is 0 Å². The molecule has 0 fully saturated rings. The molecule has 0 saturated carbocycles. The molecule has 0 atom stereocenters. The van der Waals surface area contributed by atoms with Gasteiger partial charge in [-0.2, -0.15) is 4.98 Å². The zero-order valence-electron chi connectivity index (χ0n) is 19.4. The van der Waals surface area contributed by atoms with E-state index in [1.165, 1.54) is 37.6 Å². The van der Waals surface area contributed by atoms with E-state index in [1.54, 1.807) is 28.9 Å². The second-order valence-electron chi connectivity index (χ2n) is 7.76. The molecule has 0 spiro atoms. The van der Waals surface area contributed by atoms with Crippen LogP contribution in [0.3, 0.4) is 0 Å². The summed E-state index contributed by atoms with van der Waals surface area (Å²) in [6, 6.07) is 10.6. The van der Waals surface area contributed by atoms with Crippen LogP contribution in [0.25, 0.3) is 28.5 Å². The number of rotatable bonds is 9. The van der Waals surface area contributed by atoms with Gasteiger partial charge in [0.1, 0.15) is 23.5 Å². The smallest absolute Gasteiger partial charge is 0.306 e. The number of imidazole rings is 1. The number of sulfonamides is 1. The topological polar surface area (TPSA) is 124 Å². The molecule has 2 aromatic carbocycles. The van der Waals surface area contributed by atoms with Gasteiger partial charge in [-0.05, 0) is 48.5 Å². The van der Waals surface area contributed by atoms with Crippen molar-refractivity contribution in [2.24, 2.45) is 0 Å². The number of hydrogen-bond donors (Lipinski definition) is 2. The van der Waals surface area contributed by atoms with Gasteiger partial charge in [0.2, 0.25) is 16.0 Å². The van der Waals surface area contributed by atoms with Crippen molar-refractivity contribution in [2.45, 2.75) is 4.90 Å². The number of oxazole rings is 1. The highest BCUT2D eigenvalue weighted by Crippen LogP contribution is 2.34. The normalized spacial score (nSPS) is 11.6. The molecule has 0 bridgehead atoms. The summed E-state index contributed by atoms with van der Waals surface area (Å²) in [6.07, 6.45) is 4.71. The van der Waals surface area contributed by atoms with Gasteiger partial charge in [0, 0.05) is 31.0 Å². The van der Waals surface area contributed by atoms with Crippen LogP contribution in [0.4, 0.5) is 14.7 Å². The number of nitrogens with zero attached hydrogens (tertiary/aromatic N) is 4. The van der Waals surface area contributed by atoms with Crippen molar-refractivity contribution in [1.82, 2.24) is 24.1 Å². The molecule has 2 N–H and O–H groups in total. The Labute approximate surface area is 210 Å². The minimum Gasteiger partial charge on any atom is -0.494 e. The minimum atomic E-state index is -3.79. The van der Waals surface area contributed by atoms with Gasteiger partial charge in [0.15, 0.2) is 11.6 Å². The van der Waals surface area contributed by atoms with Gasteiger partial charge in [-0.1, -0.05) is 0 Å². The van der Waals surface area contributed by atoms with E-state index in [9.17, 15) is 17.2 Å². The van der Waals surface area contributed by atoms with E-state index in [4.69, 9.17) is 9.15 Å². The van der Waals surface area contributed by atoms with Gasteiger partial charge in [0.05, 0.1) is 17.7 Å². The summed E-state index contributed by atoms with van der Waals surface area (Å²) in [6.45, 7) is 0.214. The number of halogens is 2. The van der Waals surface area contributed by atoms with Crippen molar-refractivity contribution in [3.8, 4) is 28.4 Å². The van der Waals surface area contributed by atoms with Gasteiger partial charge >= 0.3 is 5.84 Å². The first-order valence-electron chi connectivity index (χ1n) is 11.0. The lowest BCUT2D eigenvalue weighted by atomic mass is 10.1. The molecule has 0 radical (unpaired) electrons. The molecular formula is C24H20F2N6O4S. The van der Waals surface area contributed by atoms with E-state index in [0.29, 0.717) is 28.5 Å². The average molecular weight is 527 g/mol. The maximum absolute atomic E-state index is 14.0. The van der Waals surface area contributed by atoms with E-state index < -0.39 is 21.7 Å². The van der Waals surface area contributed by atoms with Gasteiger partial charge in [0.25, 0.3) is 0 Å². The summed E-state index contributed by atoms with van der Waals surface area (Å²) in [4.78, 5) is 13.2. The Kier molecular flexibility index (Phi) is 6.54. The molecule has 37 heavy (non-hydrogen) atoms. The molecule has 0 aliphatic heterocycles. The van der Waals surface area contributed by atoms with Crippen LogP contribution >= 0.6 is 0 Å². The average Bonchev–Trinajstić information content (AvgIpc) is 3.49. The van der Waals surface area contributed by atoms with Crippen LogP contribution in [0, 0.1) is 11.6 Å². The Balaban J connectivity index is 1.36. The molecule has 0 aliphatic carbocycles. The molecule has 3 heterocycles. The van der Waals surface area contributed by atoms with Gasteiger partial charge in [-0.25, -0.2) is 31.9 Å². The van der Waals surface area contributed by atoms with Crippen molar-refractivity contribution in [1.29, 1.82) is 0 Å². The molecule has 5 aromatic rings. The van der Waals surface area contributed by atoms with Crippen molar-refractivity contribution in [2.75, 3.05) is 25.5 Å². The zero-order chi connectivity index (χ0) is 26.0. The number of methoxy groups -OCH3 is 1. The van der Waals surface area contributed by atoms with Gasteiger partial charge < -0.3 is 14.5 Å². The summed E-state index contributed by atoms with van der Waals surface area (Å²) in [5.41, 5.74) is 2.17. The van der Waals surface area contributed by atoms with E-state index in [0.717, 1.165) is 12.1 Å². The first-order chi connectivity index (χ1) is 17.9. The largest absolute Gasteiger partial charge is 0.494 e. The highest BCUT2D eigenvalue weighted by molar-refractivity contribution is 7.89. The maximum atomic E-state index is 14.0. The molecule has 0 aliphatic rings. The Bertz CT molecular complexity index is 1670. The Morgan fingerprint density at radius 3 is 2.65 bits per heavy atom. The summed E-state index contributed by atoms with van der Waals surface area (Å²) in [5.74, 6) is -0.387. The second-order valence-corrected chi connectivity index (χ2v) is 9.52. The number of fused-ring (bicyclic) bond motifs is 1. The molecule has 0 saturated heterocycles. The third-order valence-corrected chi connectivity index (χ3v) is 6.89. The van der Waals surface area contributed by atoms with Gasteiger partial charge in [-0.15, -0.1) is 0 Å². The van der Waals surface area contributed by atoms with Gasteiger partial charge in [-0.3, -0.25) is 4.40 Å². The standard InChI is InChI=1S/C24H20F2N6O4S/c1-35-20-14-15(2-7-18(20)26)21-22(32-12-13-36-24(32)31-21)19-8-9-27-23(30-19)28-10-11-29-37(33,34)17-5-3-16(25)4-6-17/h2-9,12-14,29H,10-11H2,1H3,(H,27,28,30). The predicted octanol–water partition coefficient (Wildman–Crippen LogP) is 3.73. The molecule has 190 valence electrons. The van der Waals surface area contributed by atoms with E-state index in [-0.39, 0.29) is 29.7 Å². The summed E-state index contributed by atoms with van der Waals surface area (Å²) >= 11 is 0.